The summed E-state index contributed by atoms with van der Waals surface area (Å²) in [6.45, 7) is 0. The van der Waals surface area contributed by atoms with Crippen LogP contribution in [0.15, 0.2) is 90.6 Å². The van der Waals surface area contributed by atoms with E-state index in [1.807, 2.05) is 54.6 Å². The molecule has 1 aliphatic carbocycles. The van der Waals surface area contributed by atoms with Crippen LogP contribution in [0.2, 0.25) is 0 Å². The number of ether oxygens (including phenoxy) is 1. The summed E-state index contributed by atoms with van der Waals surface area (Å²) in [5.74, 6) is 0.235. The van der Waals surface area contributed by atoms with Gasteiger partial charge >= 0.3 is 17.1 Å². The SMILES string of the molecule is COc1ccc(O)c(C([O-])=CC=C2C=CC=C2)c1.[Fe+2].c1cc[cH-]c1. The number of phenols is 1. The van der Waals surface area contributed by atoms with Gasteiger partial charge in [0.05, 0.1) is 7.11 Å². The van der Waals surface area contributed by atoms with E-state index >= 15 is 0 Å². The standard InChI is InChI=1S/C15H14O3.C5H5.Fe/c1-18-12-7-9-15(17)13(10-12)14(16)8-6-11-4-2-3-5-11;1-2-4-5-3-1;/h2-10,16-17H,1H3;1-5H;/q;-1;+2/p-1. The van der Waals surface area contributed by atoms with Crippen molar-refractivity contribution in [1.29, 1.82) is 0 Å². The van der Waals surface area contributed by atoms with Gasteiger partial charge in [-0.05, 0) is 23.8 Å². The zero-order valence-electron chi connectivity index (χ0n) is 13.2. The molecule has 0 aliphatic heterocycles. The van der Waals surface area contributed by atoms with Crippen molar-refractivity contribution >= 4 is 5.76 Å². The number of hydrogen-bond donors (Lipinski definition) is 1. The monoisotopic (exact) mass is 362 g/mol. The molecule has 0 saturated carbocycles. The summed E-state index contributed by atoms with van der Waals surface area (Å²) in [5.41, 5.74) is 1.18. The van der Waals surface area contributed by atoms with E-state index in [0.29, 0.717) is 5.75 Å². The Morgan fingerprint density at radius 1 is 1.17 bits per heavy atom. The maximum absolute atomic E-state index is 11.9. The van der Waals surface area contributed by atoms with Crippen LogP contribution >= 0.6 is 0 Å². The van der Waals surface area contributed by atoms with E-state index in [-0.39, 0.29) is 34.1 Å². The number of rotatable bonds is 3. The predicted molar refractivity (Wildman–Crippen MR) is 91.0 cm³/mol. The second-order valence-corrected chi connectivity index (χ2v) is 4.76. The van der Waals surface area contributed by atoms with Crippen molar-refractivity contribution in [2.24, 2.45) is 0 Å². The molecule has 24 heavy (non-hydrogen) atoms. The van der Waals surface area contributed by atoms with Gasteiger partial charge in [-0.25, -0.2) is 12.1 Å². The Balaban J connectivity index is 0.000000412. The average Bonchev–Trinajstić information content (AvgIpc) is 3.29. The van der Waals surface area contributed by atoms with Crippen molar-refractivity contribution in [1.82, 2.24) is 0 Å². The van der Waals surface area contributed by atoms with Crippen LogP contribution in [0, 0.1) is 0 Å². The molecule has 0 fully saturated rings. The minimum absolute atomic E-state index is 0. The summed E-state index contributed by atoms with van der Waals surface area (Å²) in [6, 6.07) is 14.6. The number of allylic oxidation sites excluding steroid dienone is 7. The molecule has 0 atom stereocenters. The molecule has 3 nitrogen and oxygen atoms in total. The van der Waals surface area contributed by atoms with E-state index in [4.69, 9.17) is 4.74 Å². The summed E-state index contributed by atoms with van der Waals surface area (Å²) < 4.78 is 5.02. The fraction of sp³-hybridized carbons (Fsp3) is 0.0500. The van der Waals surface area contributed by atoms with Crippen LogP contribution in [0.1, 0.15) is 5.56 Å². The molecule has 4 heteroatoms. The molecule has 0 unspecified atom stereocenters. The third-order valence-corrected chi connectivity index (χ3v) is 3.14. The first-order valence-electron chi connectivity index (χ1n) is 7.18. The molecule has 0 heterocycles. The van der Waals surface area contributed by atoms with Gasteiger partial charge in [-0.1, -0.05) is 42.2 Å². The second-order valence-electron chi connectivity index (χ2n) is 4.76. The van der Waals surface area contributed by atoms with E-state index in [1.165, 1.54) is 25.3 Å². The second kappa shape index (κ2) is 10.3. The molecule has 2 aromatic rings. The van der Waals surface area contributed by atoms with Gasteiger partial charge in [0.25, 0.3) is 0 Å². The summed E-state index contributed by atoms with van der Waals surface area (Å²) >= 11 is 0. The van der Waals surface area contributed by atoms with E-state index in [1.54, 1.807) is 12.1 Å². The molecule has 0 aromatic heterocycles. The van der Waals surface area contributed by atoms with E-state index in [2.05, 4.69) is 0 Å². The maximum Gasteiger partial charge on any atom is 2.00 e. The molecule has 0 bridgehead atoms. The van der Waals surface area contributed by atoms with E-state index in [0.717, 1.165) is 5.57 Å². The first-order valence-corrected chi connectivity index (χ1v) is 7.18. The first-order chi connectivity index (χ1) is 11.2. The van der Waals surface area contributed by atoms with Crippen LogP contribution < -0.4 is 9.84 Å². The summed E-state index contributed by atoms with van der Waals surface area (Å²) in [4.78, 5) is 0. The van der Waals surface area contributed by atoms with Crippen LogP contribution in [0.3, 0.4) is 0 Å². The molecule has 0 spiro atoms. The summed E-state index contributed by atoms with van der Waals surface area (Å²) in [5, 5.41) is 21.6. The number of phenolic OH excluding ortho intramolecular Hbond substituents is 1. The van der Waals surface area contributed by atoms with Gasteiger partial charge in [-0.3, -0.25) is 0 Å². The third-order valence-electron chi connectivity index (χ3n) is 3.14. The van der Waals surface area contributed by atoms with Crippen molar-refractivity contribution < 1.29 is 32.0 Å². The average molecular weight is 362 g/mol. The Morgan fingerprint density at radius 3 is 2.38 bits per heavy atom. The Labute approximate surface area is 152 Å². The van der Waals surface area contributed by atoms with E-state index < -0.39 is 0 Å². The molecule has 0 saturated heterocycles. The fourth-order valence-corrected chi connectivity index (χ4v) is 1.92. The minimum atomic E-state index is -0.257. The van der Waals surface area contributed by atoms with E-state index in [9.17, 15) is 10.2 Å². The van der Waals surface area contributed by atoms with Gasteiger partial charge in [0, 0.05) is 5.56 Å². The molecular formula is C20H18FeO3. The summed E-state index contributed by atoms with van der Waals surface area (Å²) in [7, 11) is 1.51. The van der Waals surface area contributed by atoms with Crippen LogP contribution in [0.5, 0.6) is 11.5 Å². The van der Waals surface area contributed by atoms with Gasteiger partial charge in [-0.15, -0.1) is 0 Å². The zero-order valence-corrected chi connectivity index (χ0v) is 14.3. The molecule has 0 amide bonds. The molecular weight excluding hydrogens is 344 g/mol. The molecule has 1 N–H and O–H groups in total. The Kier molecular flexibility index (Phi) is 8.34. The quantitative estimate of drug-likeness (QED) is 0.516. The van der Waals surface area contributed by atoms with Crippen LogP contribution in [0.25, 0.3) is 5.76 Å². The Hall–Kier alpha value is -2.55. The molecule has 2 aromatic carbocycles. The third kappa shape index (κ3) is 5.92. The zero-order chi connectivity index (χ0) is 16.5. The molecule has 0 radical (unpaired) electrons. The fourth-order valence-electron chi connectivity index (χ4n) is 1.92. The van der Waals surface area contributed by atoms with Gasteiger partial charge in [-0.2, -0.15) is 18.2 Å². The Bertz CT molecular complexity index is 707. The molecule has 3 rings (SSSR count). The van der Waals surface area contributed by atoms with Crippen LogP contribution in [-0.4, -0.2) is 12.2 Å². The number of benzene rings is 1. The van der Waals surface area contributed by atoms with Crippen LogP contribution in [-0.2, 0) is 17.1 Å². The first kappa shape index (κ1) is 19.5. The topological polar surface area (TPSA) is 52.5 Å². The van der Waals surface area contributed by atoms with Gasteiger partial charge in [0.1, 0.15) is 11.5 Å². The maximum atomic E-state index is 11.9. The molecule has 124 valence electrons. The summed E-state index contributed by atoms with van der Waals surface area (Å²) in [6.07, 6.45) is 10.7. The Morgan fingerprint density at radius 2 is 1.83 bits per heavy atom. The van der Waals surface area contributed by atoms with Crippen molar-refractivity contribution in [2.45, 2.75) is 0 Å². The van der Waals surface area contributed by atoms with Crippen molar-refractivity contribution in [2.75, 3.05) is 7.11 Å². The minimum Gasteiger partial charge on any atom is -0.872 e. The van der Waals surface area contributed by atoms with Gasteiger partial charge in [0.2, 0.25) is 0 Å². The van der Waals surface area contributed by atoms with Gasteiger partial charge < -0.3 is 14.9 Å². The van der Waals surface area contributed by atoms with Crippen molar-refractivity contribution in [3.63, 3.8) is 0 Å². The molecule has 1 aliphatic rings. The number of aromatic hydroxyl groups is 1. The van der Waals surface area contributed by atoms with Crippen LogP contribution in [0.4, 0.5) is 0 Å². The van der Waals surface area contributed by atoms with Crippen molar-refractivity contribution in [3.05, 3.63) is 96.1 Å². The van der Waals surface area contributed by atoms with Crippen molar-refractivity contribution in [3.8, 4) is 11.5 Å². The van der Waals surface area contributed by atoms with Gasteiger partial charge in [0.15, 0.2) is 0 Å². The number of hydrogen-bond acceptors (Lipinski definition) is 3. The predicted octanol–water partition coefficient (Wildman–Crippen LogP) is 3.56. The normalized spacial score (nSPS) is 12.2. The number of methoxy groups -OCH3 is 1. The smallest absolute Gasteiger partial charge is 0.872 e. The largest absolute Gasteiger partial charge is 2.00 e.